The van der Waals surface area contributed by atoms with Crippen LogP contribution in [0.3, 0.4) is 0 Å². The molecule has 4 rings (SSSR count). The lowest BCUT2D eigenvalue weighted by molar-refractivity contribution is -0.122. The van der Waals surface area contributed by atoms with Gasteiger partial charge in [-0.2, -0.15) is 0 Å². The second-order valence-corrected chi connectivity index (χ2v) is 7.17. The number of tetrazole rings is 1. The van der Waals surface area contributed by atoms with Crippen LogP contribution in [0, 0.1) is 0 Å². The van der Waals surface area contributed by atoms with Gasteiger partial charge in [0.05, 0.1) is 5.92 Å². The van der Waals surface area contributed by atoms with Crippen molar-refractivity contribution in [2.24, 2.45) is 0 Å². The van der Waals surface area contributed by atoms with Gasteiger partial charge < -0.3 is 10.2 Å². The van der Waals surface area contributed by atoms with E-state index in [4.69, 9.17) is 0 Å². The monoisotopic (exact) mass is 354 g/mol. The number of fused-ring (bicyclic) bond motifs is 2. The van der Waals surface area contributed by atoms with Crippen molar-refractivity contribution in [3.05, 3.63) is 35.7 Å². The predicted molar refractivity (Wildman–Crippen MR) is 99.0 cm³/mol. The fraction of sp³-hybridized carbons (Fsp3) is 0.579. The van der Waals surface area contributed by atoms with Crippen LogP contribution in [0.2, 0.25) is 0 Å². The molecule has 1 atom stereocenters. The maximum Gasteiger partial charge on any atom is 0.230 e. The van der Waals surface area contributed by atoms with E-state index in [1.165, 1.54) is 24.1 Å². The van der Waals surface area contributed by atoms with E-state index in [1.807, 2.05) is 0 Å². The number of aromatic nitrogens is 4. The van der Waals surface area contributed by atoms with E-state index in [0.29, 0.717) is 12.4 Å². The Hall–Kier alpha value is -2.44. The number of nitrogens with zero attached hydrogens (tertiary/aromatic N) is 5. The smallest absolute Gasteiger partial charge is 0.230 e. The first-order valence-electron chi connectivity index (χ1n) is 9.69. The van der Waals surface area contributed by atoms with Crippen molar-refractivity contribution in [2.45, 2.75) is 51.0 Å². The van der Waals surface area contributed by atoms with Crippen LogP contribution in [0.1, 0.15) is 49.4 Å². The van der Waals surface area contributed by atoms with Crippen molar-refractivity contribution >= 4 is 11.6 Å². The van der Waals surface area contributed by atoms with Crippen LogP contribution >= 0.6 is 0 Å². The molecule has 3 heterocycles. The van der Waals surface area contributed by atoms with E-state index in [-0.39, 0.29) is 11.8 Å². The normalized spacial score (nSPS) is 19.4. The molecule has 138 valence electrons. The van der Waals surface area contributed by atoms with Crippen molar-refractivity contribution in [1.82, 2.24) is 25.5 Å². The van der Waals surface area contributed by atoms with Gasteiger partial charge in [0.25, 0.3) is 0 Å². The summed E-state index contributed by atoms with van der Waals surface area (Å²) in [5.41, 5.74) is 2.79. The third-order valence-corrected chi connectivity index (χ3v) is 5.41. The third kappa shape index (κ3) is 3.57. The molecule has 7 heteroatoms. The van der Waals surface area contributed by atoms with Gasteiger partial charge in [-0.15, -0.1) is 5.10 Å². The molecule has 0 radical (unpaired) electrons. The summed E-state index contributed by atoms with van der Waals surface area (Å²) in [6, 6.07) is 8.65. The highest BCUT2D eigenvalue weighted by atomic mass is 16.1. The molecule has 0 bridgehead atoms. The summed E-state index contributed by atoms with van der Waals surface area (Å²) in [4.78, 5) is 15.1. The number of para-hydroxylation sites is 1. The number of hydrogen-bond acceptors (Lipinski definition) is 5. The van der Waals surface area contributed by atoms with Crippen LogP contribution in [0.5, 0.6) is 0 Å². The van der Waals surface area contributed by atoms with E-state index in [9.17, 15) is 4.79 Å². The SMILES string of the molecule is O=C(NCCCN1CCCc2ccccc21)C1CCCCn2nnnc21. The van der Waals surface area contributed by atoms with Gasteiger partial charge in [-0.3, -0.25) is 4.79 Å². The first-order chi connectivity index (χ1) is 12.8. The molecule has 0 fully saturated rings. The van der Waals surface area contributed by atoms with Crippen molar-refractivity contribution in [1.29, 1.82) is 0 Å². The number of aryl methyl sites for hydroxylation is 2. The molecule has 1 unspecified atom stereocenters. The van der Waals surface area contributed by atoms with Gasteiger partial charge in [-0.05, 0) is 54.2 Å². The lowest BCUT2D eigenvalue weighted by Crippen LogP contribution is -2.35. The Morgan fingerprint density at radius 2 is 2.12 bits per heavy atom. The van der Waals surface area contributed by atoms with Crippen LogP contribution < -0.4 is 10.2 Å². The summed E-state index contributed by atoms with van der Waals surface area (Å²) in [5, 5.41) is 14.9. The highest BCUT2D eigenvalue weighted by Gasteiger charge is 2.28. The first kappa shape index (κ1) is 17.0. The second-order valence-electron chi connectivity index (χ2n) is 7.17. The van der Waals surface area contributed by atoms with Crippen molar-refractivity contribution < 1.29 is 4.79 Å². The molecule has 0 saturated heterocycles. The van der Waals surface area contributed by atoms with E-state index in [1.54, 1.807) is 4.68 Å². The van der Waals surface area contributed by atoms with E-state index >= 15 is 0 Å². The van der Waals surface area contributed by atoms with Gasteiger partial charge in [-0.1, -0.05) is 24.6 Å². The van der Waals surface area contributed by atoms with Crippen molar-refractivity contribution in [3.63, 3.8) is 0 Å². The van der Waals surface area contributed by atoms with Crippen molar-refractivity contribution in [2.75, 3.05) is 24.5 Å². The summed E-state index contributed by atoms with van der Waals surface area (Å²) in [7, 11) is 0. The standard InChI is InChI=1S/C19H26N6O/c26-19(16-9-3-4-14-25-18(16)21-22-23-25)20-11-6-13-24-12-5-8-15-7-1-2-10-17(15)24/h1-2,7,10,16H,3-6,8-9,11-14H2,(H,20,26). The number of amides is 1. The number of rotatable bonds is 5. The summed E-state index contributed by atoms with van der Waals surface area (Å²) < 4.78 is 1.78. The van der Waals surface area contributed by atoms with E-state index in [2.05, 4.69) is 50.0 Å². The van der Waals surface area contributed by atoms with Crippen molar-refractivity contribution in [3.8, 4) is 0 Å². The van der Waals surface area contributed by atoms with Gasteiger partial charge in [0, 0.05) is 31.9 Å². The van der Waals surface area contributed by atoms with Gasteiger partial charge in [0.1, 0.15) is 0 Å². The molecule has 1 N–H and O–H groups in total. The molecule has 2 aliphatic heterocycles. The lowest BCUT2D eigenvalue weighted by Gasteiger charge is -2.31. The zero-order chi connectivity index (χ0) is 17.8. The number of nitrogens with one attached hydrogen (secondary N) is 1. The fourth-order valence-electron chi connectivity index (χ4n) is 4.06. The summed E-state index contributed by atoms with van der Waals surface area (Å²) >= 11 is 0. The van der Waals surface area contributed by atoms with Gasteiger partial charge in [0.2, 0.25) is 5.91 Å². The fourth-order valence-corrected chi connectivity index (χ4v) is 4.06. The minimum Gasteiger partial charge on any atom is -0.371 e. The van der Waals surface area contributed by atoms with Gasteiger partial charge in [-0.25, -0.2) is 4.68 Å². The topological polar surface area (TPSA) is 75.9 Å². The van der Waals surface area contributed by atoms with Crippen LogP contribution in [-0.2, 0) is 17.8 Å². The zero-order valence-corrected chi connectivity index (χ0v) is 15.1. The van der Waals surface area contributed by atoms with Crippen LogP contribution in [0.4, 0.5) is 5.69 Å². The van der Waals surface area contributed by atoms with Crippen LogP contribution in [-0.4, -0.2) is 45.7 Å². The molecule has 1 amide bonds. The molecule has 0 spiro atoms. The zero-order valence-electron chi connectivity index (χ0n) is 15.1. The molecular formula is C19H26N6O. The van der Waals surface area contributed by atoms with Gasteiger partial charge >= 0.3 is 0 Å². The Labute approximate surface area is 153 Å². The quantitative estimate of drug-likeness (QED) is 0.830. The summed E-state index contributed by atoms with van der Waals surface area (Å²) in [5.74, 6) is 0.551. The maximum absolute atomic E-state index is 12.6. The molecule has 2 aromatic rings. The molecule has 2 aliphatic rings. The number of benzene rings is 1. The second kappa shape index (κ2) is 7.85. The Balaban J connectivity index is 1.29. The minimum absolute atomic E-state index is 0.0574. The Morgan fingerprint density at radius 1 is 1.19 bits per heavy atom. The Morgan fingerprint density at radius 3 is 3.08 bits per heavy atom. The van der Waals surface area contributed by atoms with Crippen LogP contribution in [0.15, 0.2) is 24.3 Å². The average molecular weight is 354 g/mol. The molecule has 7 nitrogen and oxygen atoms in total. The Bertz CT molecular complexity index is 758. The third-order valence-electron chi connectivity index (χ3n) is 5.41. The Kier molecular flexibility index (Phi) is 5.13. The molecular weight excluding hydrogens is 328 g/mol. The van der Waals surface area contributed by atoms with E-state index < -0.39 is 0 Å². The van der Waals surface area contributed by atoms with Gasteiger partial charge in [0.15, 0.2) is 5.82 Å². The maximum atomic E-state index is 12.6. The lowest BCUT2D eigenvalue weighted by atomic mass is 10.0. The average Bonchev–Trinajstić information content (AvgIpc) is 3.04. The first-order valence-corrected chi connectivity index (χ1v) is 9.69. The highest BCUT2D eigenvalue weighted by molar-refractivity contribution is 5.82. The predicted octanol–water partition coefficient (Wildman–Crippen LogP) is 1.90. The molecule has 0 saturated carbocycles. The van der Waals surface area contributed by atoms with Crippen LogP contribution in [0.25, 0.3) is 0 Å². The van der Waals surface area contributed by atoms with E-state index in [0.717, 1.165) is 45.3 Å². The minimum atomic E-state index is -0.219. The summed E-state index contributed by atoms with van der Waals surface area (Å²) in [6.45, 7) is 3.57. The molecule has 1 aromatic heterocycles. The highest BCUT2D eigenvalue weighted by Crippen LogP contribution is 2.27. The largest absolute Gasteiger partial charge is 0.371 e. The number of carbonyl (C=O) groups excluding carboxylic acids is 1. The number of carbonyl (C=O) groups is 1. The molecule has 0 aliphatic carbocycles. The molecule has 1 aromatic carbocycles. The summed E-state index contributed by atoms with van der Waals surface area (Å²) in [6.07, 6.45) is 6.18. The number of anilines is 1. The number of hydrogen-bond donors (Lipinski definition) is 1. The molecule has 26 heavy (non-hydrogen) atoms.